The lowest BCUT2D eigenvalue weighted by atomic mass is 9.79. The Hall–Kier alpha value is -0.730. The van der Waals surface area contributed by atoms with Crippen LogP contribution in [0, 0.1) is 0 Å². The van der Waals surface area contributed by atoms with Crippen LogP contribution in [-0.4, -0.2) is 11.1 Å². The minimum absolute atomic E-state index is 0.383. The molecule has 0 amide bonds. The van der Waals surface area contributed by atoms with E-state index in [9.17, 15) is 9.90 Å². The van der Waals surface area contributed by atoms with Gasteiger partial charge in [-0.3, -0.25) is 4.79 Å². The van der Waals surface area contributed by atoms with E-state index >= 15 is 0 Å². The zero-order chi connectivity index (χ0) is 11.8. The zero-order valence-corrected chi connectivity index (χ0v) is 10.2. The van der Waals surface area contributed by atoms with E-state index in [0.717, 1.165) is 12.8 Å². The zero-order valence-electron chi connectivity index (χ0n) is 8.67. The van der Waals surface area contributed by atoms with E-state index in [1.54, 1.807) is 18.2 Å². The highest BCUT2D eigenvalue weighted by Gasteiger charge is 2.44. The van der Waals surface area contributed by atoms with Crippen LogP contribution in [0.2, 0.25) is 10.0 Å². The van der Waals surface area contributed by atoms with Crippen LogP contribution in [0.15, 0.2) is 18.2 Å². The topological polar surface area (TPSA) is 37.3 Å². The van der Waals surface area contributed by atoms with Crippen LogP contribution >= 0.6 is 23.2 Å². The maximum absolute atomic E-state index is 11.5. The molecule has 2 nitrogen and oxygen atoms in total. The first-order valence-electron chi connectivity index (χ1n) is 5.26. The predicted molar refractivity (Wildman–Crippen MR) is 64.2 cm³/mol. The van der Waals surface area contributed by atoms with E-state index in [2.05, 4.69) is 0 Å². The number of carboxylic acid groups (broad SMARTS) is 1. The highest BCUT2D eigenvalue weighted by atomic mass is 35.5. The second kappa shape index (κ2) is 4.27. The normalized spacial score (nSPS) is 18.6. The molecular weight excluding hydrogens is 247 g/mol. The molecule has 1 aliphatic rings. The van der Waals surface area contributed by atoms with Crippen LogP contribution in [0.1, 0.15) is 31.2 Å². The molecule has 1 aromatic rings. The Balaban J connectivity index is 2.56. The van der Waals surface area contributed by atoms with E-state index in [0.29, 0.717) is 28.5 Å². The fourth-order valence-corrected chi connectivity index (χ4v) is 2.93. The standard InChI is InChI=1S/C12H12Cl2O2/c13-9-5-3-4-8(10(9)14)12(11(15)16)6-1-2-7-12/h3-5H,1-2,6-7H2,(H,15,16). The first kappa shape index (κ1) is 11.7. The summed E-state index contributed by atoms with van der Waals surface area (Å²) in [6.45, 7) is 0. The van der Waals surface area contributed by atoms with Crippen molar-refractivity contribution in [3.8, 4) is 0 Å². The van der Waals surface area contributed by atoms with Gasteiger partial charge >= 0.3 is 5.97 Å². The van der Waals surface area contributed by atoms with Gasteiger partial charge in [-0.1, -0.05) is 48.2 Å². The molecule has 2 rings (SSSR count). The first-order chi connectivity index (χ1) is 7.58. The van der Waals surface area contributed by atoms with Crippen molar-refractivity contribution in [2.45, 2.75) is 31.1 Å². The number of hydrogen-bond donors (Lipinski definition) is 1. The van der Waals surface area contributed by atoms with Crippen LogP contribution in [0.5, 0.6) is 0 Å². The van der Waals surface area contributed by atoms with E-state index in [1.807, 2.05) is 0 Å². The number of rotatable bonds is 2. The SMILES string of the molecule is O=C(O)C1(c2cccc(Cl)c2Cl)CCCC1. The van der Waals surface area contributed by atoms with Gasteiger partial charge in [0.05, 0.1) is 15.5 Å². The van der Waals surface area contributed by atoms with E-state index in [1.165, 1.54) is 0 Å². The summed E-state index contributed by atoms with van der Waals surface area (Å²) >= 11 is 12.0. The molecule has 0 bridgehead atoms. The van der Waals surface area contributed by atoms with Gasteiger partial charge in [-0.2, -0.15) is 0 Å². The van der Waals surface area contributed by atoms with Gasteiger partial charge in [0.2, 0.25) is 0 Å². The van der Waals surface area contributed by atoms with Gasteiger partial charge in [0.25, 0.3) is 0 Å². The summed E-state index contributed by atoms with van der Waals surface area (Å²) in [6, 6.07) is 5.21. The fraction of sp³-hybridized carbons (Fsp3) is 0.417. The van der Waals surface area contributed by atoms with Crippen molar-refractivity contribution >= 4 is 29.2 Å². The van der Waals surface area contributed by atoms with Gasteiger partial charge in [-0.25, -0.2) is 0 Å². The number of hydrogen-bond acceptors (Lipinski definition) is 1. The molecule has 0 aliphatic heterocycles. The second-order valence-corrected chi connectivity index (χ2v) is 4.98. The Kier molecular flexibility index (Phi) is 3.13. The Morgan fingerprint density at radius 1 is 1.25 bits per heavy atom. The van der Waals surface area contributed by atoms with Gasteiger partial charge in [0.1, 0.15) is 0 Å². The van der Waals surface area contributed by atoms with Crippen molar-refractivity contribution in [3.05, 3.63) is 33.8 Å². The van der Waals surface area contributed by atoms with Crippen LogP contribution < -0.4 is 0 Å². The summed E-state index contributed by atoms with van der Waals surface area (Å²) in [7, 11) is 0. The Morgan fingerprint density at radius 3 is 2.44 bits per heavy atom. The smallest absolute Gasteiger partial charge is 0.314 e. The molecule has 1 N–H and O–H groups in total. The molecule has 86 valence electrons. The summed E-state index contributed by atoms with van der Waals surface area (Å²) in [6.07, 6.45) is 3.13. The number of aliphatic carboxylic acids is 1. The minimum Gasteiger partial charge on any atom is -0.481 e. The fourth-order valence-electron chi connectivity index (χ4n) is 2.45. The molecule has 0 heterocycles. The average Bonchev–Trinajstić information content (AvgIpc) is 2.72. The molecule has 0 atom stereocenters. The third kappa shape index (κ3) is 1.70. The van der Waals surface area contributed by atoms with Gasteiger partial charge in [-0.05, 0) is 24.5 Å². The predicted octanol–water partition coefficient (Wildman–Crippen LogP) is 3.89. The molecule has 1 aliphatic carbocycles. The second-order valence-electron chi connectivity index (χ2n) is 4.20. The molecular formula is C12H12Cl2O2. The van der Waals surface area contributed by atoms with Crippen LogP contribution in [0.3, 0.4) is 0 Å². The third-order valence-corrected chi connectivity index (χ3v) is 4.15. The van der Waals surface area contributed by atoms with Crippen LogP contribution in [-0.2, 0) is 10.2 Å². The van der Waals surface area contributed by atoms with Crippen LogP contribution in [0.4, 0.5) is 0 Å². The summed E-state index contributed by atoms with van der Waals surface area (Å²) in [5.41, 5.74) is -0.172. The first-order valence-corrected chi connectivity index (χ1v) is 6.01. The van der Waals surface area contributed by atoms with Crippen molar-refractivity contribution in [2.75, 3.05) is 0 Å². The number of carbonyl (C=O) groups is 1. The van der Waals surface area contributed by atoms with E-state index in [-0.39, 0.29) is 0 Å². The molecule has 0 aromatic heterocycles. The Bertz CT molecular complexity index is 423. The largest absolute Gasteiger partial charge is 0.481 e. The molecule has 0 radical (unpaired) electrons. The Labute approximate surface area is 104 Å². The summed E-state index contributed by atoms with van der Waals surface area (Å²) < 4.78 is 0. The van der Waals surface area contributed by atoms with Crippen molar-refractivity contribution in [1.29, 1.82) is 0 Å². The van der Waals surface area contributed by atoms with E-state index < -0.39 is 11.4 Å². The monoisotopic (exact) mass is 258 g/mol. The highest BCUT2D eigenvalue weighted by molar-refractivity contribution is 6.42. The molecule has 1 fully saturated rings. The van der Waals surface area contributed by atoms with Gasteiger partial charge in [0, 0.05) is 0 Å². The lowest BCUT2D eigenvalue weighted by Crippen LogP contribution is -2.32. The summed E-state index contributed by atoms with van der Waals surface area (Å²) in [5, 5.41) is 10.2. The molecule has 1 aromatic carbocycles. The molecule has 0 spiro atoms. The Morgan fingerprint density at radius 2 is 1.88 bits per heavy atom. The third-order valence-electron chi connectivity index (χ3n) is 3.33. The molecule has 16 heavy (non-hydrogen) atoms. The minimum atomic E-state index is -0.831. The van der Waals surface area contributed by atoms with Gasteiger partial charge in [0.15, 0.2) is 0 Å². The summed E-state index contributed by atoms with van der Waals surface area (Å²) in [5.74, 6) is -0.797. The van der Waals surface area contributed by atoms with E-state index in [4.69, 9.17) is 23.2 Å². The van der Waals surface area contributed by atoms with Crippen molar-refractivity contribution in [3.63, 3.8) is 0 Å². The summed E-state index contributed by atoms with van der Waals surface area (Å²) in [4.78, 5) is 11.5. The average molecular weight is 259 g/mol. The molecule has 0 unspecified atom stereocenters. The highest BCUT2D eigenvalue weighted by Crippen LogP contribution is 2.45. The number of carboxylic acids is 1. The van der Waals surface area contributed by atoms with Gasteiger partial charge < -0.3 is 5.11 Å². The van der Waals surface area contributed by atoms with Crippen molar-refractivity contribution in [1.82, 2.24) is 0 Å². The maximum Gasteiger partial charge on any atom is 0.314 e. The quantitative estimate of drug-likeness (QED) is 0.874. The lowest BCUT2D eigenvalue weighted by Gasteiger charge is -2.25. The number of halogens is 2. The molecule has 0 saturated heterocycles. The number of benzene rings is 1. The van der Waals surface area contributed by atoms with Crippen molar-refractivity contribution in [2.24, 2.45) is 0 Å². The lowest BCUT2D eigenvalue weighted by molar-refractivity contribution is -0.143. The molecule has 1 saturated carbocycles. The molecule has 4 heteroatoms. The van der Waals surface area contributed by atoms with Crippen molar-refractivity contribution < 1.29 is 9.90 Å². The van der Waals surface area contributed by atoms with Crippen LogP contribution in [0.25, 0.3) is 0 Å². The maximum atomic E-state index is 11.5. The van der Waals surface area contributed by atoms with Gasteiger partial charge in [-0.15, -0.1) is 0 Å².